The van der Waals surface area contributed by atoms with E-state index in [0.29, 0.717) is 0 Å². The van der Waals surface area contributed by atoms with Gasteiger partial charge in [0.25, 0.3) is 0 Å². The van der Waals surface area contributed by atoms with Crippen LogP contribution in [0.4, 0.5) is 5.69 Å². The average molecular weight is 227 g/mol. The van der Waals surface area contributed by atoms with Gasteiger partial charge >= 0.3 is 11.7 Å². The van der Waals surface area contributed by atoms with Gasteiger partial charge in [-0.15, -0.1) is 0 Å². The molecule has 0 bridgehead atoms. The number of nitro groups is 1. The maximum atomic E-state index is 10.8. The van der Waals surface area contributed by atoms with Crippen LogP contribution in [0.1, 0.15) is 10.4 Å². The van der Waals surface area contributed by atoms with Crippen LogP contribution >= 0.6 is 0 Å². The monoisotopic (exact) mass is 227 g/mol. The predicted molar refractivity (Wildman–Crippen MR) is 53.2 cm³/mol. The molecule has 0 aliphatic rings. The Morgan fingerprint density at radius 2 is 1.88 bits per heavy atom. The molecule has 0 radical (unpaired) electrons. The summed E-state index contributed by atoms with van der Waals surface area (Å²) in [5.74, 6) is -1.34. The van der Waals surface area contributed by atoms with Gasteiger partial charge in [-0.25, -0.2) is 4.79 Å². The quantitative estimate of drug-likeness (QED) is 0.614. The molecule has 0 aliphatic heterocycles. The van der Waals surface area contributed by atoms with Crippen molar-refractivity contribution in [3.63, 3.8) is 0 Å². The summed E-state index contributed by atoms with van der Waals surface area (Å²) < 4.78 is 9.57. The van der Waals surface area contributed by atoms with Crippen molar-refractivity contribution >= 4 is 11.7 Å². The van der Waals surface area contributed by atoms with Crippen molar-refractivity contribution in [3.8, 4) is 11.5 Å². The molecule has 1 aromatic carbocycles. The Morgan fingerprint density at radius 3 is 2.25 bits per heavy atom. The first-order valence-corrected chi connectivity index (χ1v) is 4.15. The van der Waals surface area contributed by atoms with Crippen LogP contribution in [0.25, 0.3) is 0 Å². The SMILES string of the molecule is COc1cc(OC)c([N+](=O)[O-])cc1C(=O)O. The van der Waals surface area contributed by atoms with Crippen LogP contribution in [0.2, 0.25) is 0 Å². The molecule has 7 nitrogen and oxygen atoms in total. The summed E-state index contributed by atoms with van der Waals surface area (Å²) in [5, 5.41) is 19.5. The fourth-order valence-corrected chi connectivity index (χ4v) is 1.19. The molecular formula is C9H9NO6. The Kier molecular flexibility index (Phi) is 3.29. The lowest BCUT2D eigenvalue weighted by molar-refractivity contribution is -0.385. The number of ether oxygens (including phenoxy) is 2. The van der Waals surface area contributed by atoms with E-state index in [9.17, 15) is 14.9 Å². The number of nitro benzene ring substituents is 1. The van der Waals surface area contributed by atoms with E-state index in [4.69, 9.17) is 14.6 Å². The van der Waals surface area contributed by atoms with Crippen molar-refractivity contribution in [1.29, 1.82) is 0 Å². The molecule has 1 rings (SSSR count). The van der Waals surface area contributed by atoms with Gasteiger partial charge in [0.2, 0.25) is 5.75 Å². The molecule has 0 amide bonds. The molecule has 7 heteroatoms. The second-order valence-corrected chi connectivity index (χ2v) is 2.79. The molecule has 0 fully saturated rings. The van der Waals surface area contributed by atoms with E-state index in [2.05, 4.69) is 0 Å². The zero-order valence-electron chi connectivity index (χ0n) is 8.59. The van der Waals surface area contributed by atoms with Gasteiger partial charge in [-0.3, -0.25) is 10.1 Å². The second-order valence-electron chi connectivity index (χ2n) is 2.79. The van der Waals surface area contributed by atoms with Gasteiger partial charge < -0.3 is 14.6 Å². The molecular weight excluding hydrogens is 218 g/mol. The normalized spacial score (nSPS) is 9.62. The fraction of sp³-hybridized carbons (Fsp3) is 0.222. The maximum absolute atomic E-state index is 10.8. The van der Waals surface area contributed by atoms with Crippen molar-refractivity contribution in [2.45, 2.75) is 0 Å². The van der Waals surface area contributed by atoms with Gasteiger partial charge in [-0.1, -0.05) is 0 Å². The standard InChI is InChI=1S/C9H9NO6/c1-15-7-4-8(16-2)6(10(13)14)3-5(7)9(11)12/h3-4H,1-2H3,(H,11,12). The van der Waals surface area contributed by atoms with E-state index in [1.165, 1.54) is 20.3 Å². The van der Waals surface area contributed by atoms with Crippen LogP contribution in [0.15, 0.2) is 12.1 Å². The summed E-state index contributed by atoms with van der Waals surface area (Å²) >= 11 is 0. The van der Waals surface area contributed by atoms with E-state index in [-0.39, 0.29) is 17.1 Å². The highest BCUT2D eigenvalue weighted by Gasteiger charge is 2.22. The molecule has 1 N–H and O–H groups in total. The van der Waals surface area contributed by atoms with Crippen molar-refractivity contribution < 1.29 is 24.3 Å². The van der Waals surface area contributed by atoms with E-state index in [1.54, 1.807) is 0 Å². The third-order valence-corrected chi connectivity index (χ3v) is 1.93. The van der Waals surface area contributed by atoms with E-state index in [0.717, 1.165) is 6.07 Å². The number of nitrogens with zero attached hydrogens (tertiary/aromatic N) is 1. The Morgan fingerprint density at radius 1 is 1.31 bits per heavy atom. The molecule has 16 heavy (non-hydrogen) atoms. The van der Waals surface area contributed by atoms with Crippen LogP contribution in [0.5, 0.6) is 11.5 Å². The molecule has 1 aromatic rings. The molecule has 0 unspecified atom stereocenters. The number of carbonyl (C=O) groups is 1. The van der Waals surface area contributed by atoms with Crippen molar-refractivity contribution in [1.82, 2.24) is 0 Å². The first kappa shape index (κ1) is 11.8. The van der Waals surface area contributed by atoms with Crippen molar-refractivity contribution in [3.05, 3.63) is 27.8 Å². The lowest BCUT2D eigenvalue weighted by atomic mass is 10.1. The number of rotatable bonds is 4. The maximum Gasteiger partial charge on any atom is 0.339 e. The molecule has 0 saturated carbocycles. The zero-order valence-corrected chi connectivity index (χ0v) is 8.59. The highest BCUT2D eigenvalue weighted by Crippen LogP contribution is 2.34. The lowest BCUT2D eigenvalue weighted by Crippen LogP contribution is -2.03. The first-order chi connectivity index (χ1) is 7.51. The number of carboxylic acids is 1. The van der Waals surface area contributed by atoms with Crippen LogP contribution in [-0.4, -0.2) is 30.2 Å². The smallest absolute Gasteiger partial charge is 0.339 e. The minimum absolute atomic E-state index is 0.00921. The predicted octanol–water partition coefficient (Wildman–Crippen LogP) is 1.31. The fourth-order valence-electron chi connectivity index (χ4n) is 1.19. The second kappa shape index (κ2) is 4.47. The summed E-state index contributed by atoms with van der Waals surface area (Å²) in [5.41, 5.74) is -0.698. The van der Waals surface area contributed by atoms with Gasteiger partial charge in [-0.05, 0) is 0 Å². The number of methoxy groups -OCH3 is 2. The third kappa shape index (κ3) is 2.02. The number of hydrogen-bond acceptors (Lipinski definition) is 5. The van der Waals surface area contributed by atoms with E-state index < -0.39 is 16.6 Å². The zero-order chi connectivity index (χ0) is 12.3. The van der Waals surface area contributed by atoms with Crippen LogP contribution in [0, 0.1) is 10.1 Å². The van der Waals surface area contributed by atoms with Crippen LogP contribution in [0.3, 0.4) is 0 Å². The minimum atomic E-state index is -1.30. The molecule has 0 aliphatic carbocycles. The summed E-state index contributed by atoms with van der Waals surface area (Å²) in [4.78, 5) is 20.7. The summed E-state index contributed by atoms with van der Waals surface area (Å²) in [6.45, 7) is 0. The largest absolute Gasteiger partial charge is 0.496 e. The van der Waals surface area contributed by atoms with Gasteiger partial charge in [0.1, 0.15) is 11.3 Å². The highest BCUT2D eigenvalue weighted by molar-refractivity contribution is 5.92. The summed E-state index contributed by atoms with van der Waals surface area (Å²) in [6.07, 6.45) is 0. The summed E-state index contributed by atoms with van der Waals surface area (Å²) in [6, 6.07) is 2.07. The average Bonchev–Trinajstić information content (AvgIpc) is 2.26. The van der Waals surface area contributed by atoms with Gasteiger partial charge in [0, 0.05) is 12.1 Å². The lowest BCUT2D eigenvalue weighted by Gasteiger charge is -2.07. The van der Waals surface area contributed by atoms with Gasteiger partial charge in [0.05, 0.1) is 19.1 Å². The minimum Gasteiger partial charge on any atom is -0.496 e. The number of benzene rings is 1. The Bertz CT molecular complexity index is 405. The van der Waals surface area contributed by atoms with Gasteiger partial charge in [-0.2, -0.15) is 0 Å². The Balaban J connectivity index is 3.46. The number of carboxylic acid groups (broad SMARTS) is 1. The highest BCUT2D eigenvalue weighted by atomic mass is 16.6. The van der Waals surface area contributed by atoms with Crippen molar-refractivity contribution in [2.75, 3.05) is 14.2 Å². The van der Waals surface area contributed by atoms with Crippen LogP contribution < -0.4 is 9.47 Å². The van der Waals surface area contributed by atoms with Crippen molar-refractivity contribution in [2.24, 2.45) is 0 Å². The van der Waals surface area contributed by atoms with E-state index >= 15 is 0 Å². The molecule has 86 valence electrons. The topological polar surface area (TPSA) is 98.9 Å². The number of hydrogen-bond donors (Lipinski definition) is 1. The molecule has 0 atom stereocenters. The molecule has 0 aromatic heterocycles. The molecule has 0 spiro atoms. The van der Waals surface area contributed by atoms with E-state index in [1.807, 2.05) is 0 Å². The Labute approximate surface area is 90.4 Å². The first-order valence-electron chi connectivity index (χ1n) is 4.15. The summed E-state index contributed by atoms with van der Waals surface area (Å²) in [7, 11) is 2.52. The molecule has 0 saturated heterocycles. The Hall–Kier alpha value is -2.31. The third-order valence-electron chi connectivity index (χ3n) is 1.93. The van der Waals surface area contributed by atoms with Gasteiger partial charge in [0.15, 0.2) is 0 Å². The number of aromatic carboxylic acids is 1. The van der Waals surface area contributed by atoms with Crippen LogP contribution in [-0.2, 0) is 0 Å². The molecule has 0 heterocycles.